The molecule has 0 radical (unpaired) electrons. The van der Waals surface area contributed by atoms with Crippen LogP contribution in [0.4, 0.5) is 4.39 Å². The van der Waals surface area contributed by atoms with Crippen molar-refractivity contribution in [2.24, 2.45) is 5.92 Å². The van der Waals surface area contributed by atoms with Crippen molar-refractivity contribution in [2.75, 3.05) is 0 Å². The smallest absolute Gasteiger partial charge is 0.339 e. The quantitative estimate of drug-likeness (QED) is 0.912. The van der Waals surface area contributed by atoms with Gasteiger partial charge in [-0.15, -0.1) is 0 Å². The molecule has 2 aromatic rings. The van der Waals surface area contributed by atoms with E-state index < -0.39 is 5.97 Å². The van der Waals surface area contributed by atoms with E-state index in [1.165, 1.54) is 12.3 Å². The van der Waals surface area contributed by atoms with Gasteiger partial charge in [-0.05, 0) is 30.9 Å². The molecule has 2 rings (SSSR count). The molecule has 0 aliphatic carbocycles. The molecule has 0 unspecified atom stereocenters. The van der Waals surface area contributed by atoms with E-state index in [9.17, 15) is 14.3 Å². The molecule has 1 aromatic carbocycles. The summed E-state index contributed by atoms with van der Waals surface area (Å²) in [6.07, 6.45) is 2.42. The molecule has 112 valence electrons. The first kappa shape index (κ1) is 15.2. The van der Waals surface area contributed by atoms with Gasteiger partial charge in [0.05, 0.1) is 0 Å². The number of hydrogen-bond donors (Lipinski definition) is 1. The van der Waals surface area contributed by atoms with Gasteiger partial charge >= 0.3 is 5.97 Å². The summed E-state index contributed by atoms with van der Waals surface area (Å²) in [7, 11) is 0. The SMILES string of the molecule is Cc1ccc(-c2nn(CCC(C)C)cc2C(=O)O)cc1F. The zero-order valence-corrected chi connectivity index (χ0v) is 12.4. The summed E-state index contributed by atoms with van der Waals surface area (Å²) in [5.41, 5.74) is 1.42. The highest BCUT2D eigenvalue weighted by Gasteiger charge is 2.18. The van der Waals surface area contributed by atoms with Crippen LogP contribution in [-0.4, -0.2) is 20.9 Å². The van der Waals surface area contributed by atoms with Crippen LogP contribution >= 0.6 is 0 Å². The second kappa shape index (κ2) is 6.08. The monoisotopic (exact) mass is 290 g/mol. The van der Waals surface area contributed by atoms with Gasteiger partial charge in [0.15, 0.2) is 0 Å². The van der Waals surface area contributed by atoms with E-state index in [0.29, 0.717) is 29.3 Å². The Kier molecular flexibility index (Phi) is 4.40. The molecule has 21 heavy (non-hydrogen) atoms. The van der Waals surface area contributed by atoms with Gasteiger partial charge in [0.2, 0.25) is 0 Å². The maximum absolute atomic E-state index is 13.7. The fourth-order valence-electron chi connectivity index (χ4n) is 2.04. The molecule has 0 bridgehead atoms. The van der Waals surface area contributed by atoms with E-state index in [4.69, 9.17) is 0 Å². The molecule has 0 atom stereocenters. The largest absolute Gasteiger partial charge is 0.478 e. The fourth-order valence-corrected chi connectivity index (χ4v) is 2.04. The van der Waals surface area contributed by atoms with E-state index in [1.54, 1.807) is 23.7 Å². The van der Waals surface area contributed by atoms with Gasteiger partial charge in [-0.2, -0.15) is 5.10 Å². The lowest BCUT2D eigenvalue weighted by Crippen LogP contribution is -2.02. The molecule has 0 amide bonds. The van der Waals surface area contributed by atoms with Crippen LogP contribution < -0.4 is 0 Å². The second-order valence-corrected chi connectivity index (χ2v) is 5.61. The van der Waals surface area contributed by atoms with Crippen molar-refractivity contribution in [3.63, 3.8) is 0 Å². The highest BCUT2D eigenvalue weighted by molar-refractivity contribution is 5.94. The van der Waals surface area contributed by atoms with Crippen molar-refractivity contribution in [1.29, 1.82) is 0 Å². The molecule has 0 aliphatic heterocycles. The lowest BCUT2D eigenvalue weighted by Gasteiger charge is -2.04. The first-order valence-corrected chi connectivity index (χ1v) is 6.95. The van der Waals surface area contributed by atoms with Gasteiger partial charge in [-0.25, -0.2) is 9.18 Å². The number of rotatable bonds is 5. The maximum atomic E-state index is 13.7. The highest BCUT2D eigenvalue weighted by atomic mass is 19.1. The Labute approximate surface area is 123 Å². The maximum Gasteiger partial charge on any atom is 0.339 e. The second-order valence-electron chi connectivity index (χ2n) is 5.61. The summed E-state index contributed by atoms with van der Waals surface area (Å²) in [6, 6.07) is 4.65. The molecule has 0 saturated heterocycles. The number of halogens is 1. The summed E-state index contributed by atoms with van der Waals surface area (Å²) in [4.78, 5) is 11.4. The van der Waals surface area contributed by atoms with Gasteiger partial charge in [-0.3, -0.25) is 4.68 Å². The van der Waals surface area contributed by atoms with Gasteiger partial charge in [-0.1, -0.05) is 26.0 Å². The summed E-state index contributed by atoms with van der Waals surface area (Å²) >= 11 is 0. The number of benzene rings is 1. The first-order chi connectivity index (χ1) is 9.88. The predicted molar refractivity (Wildman–Crippen MR) is 78.8 cm³/mol. The van der Waals surface area contributed by atoms with Crippen molar-refractivity contribution < 1.29 is 14.3 Å². The van der Waals surface area contributed by atoms with Crippen molar-refractivity contribution in [3.05, 3.63) is 41.3 Å². The van der Waals surface area contributed by atoms with E-state index in [2.05, 4.69) is 18.9 Å². The lowest BCUT2D eigenvalue weighted by atomic mass is 10.1. The number of aryl methyl sites for hydroxylation is 2. The summed E-state index contributed by atoms with van der Waals surface area (Å²) in [5, 5.41) is 13.6. The molecule has 0 spiro atoms. The molecule has 1 N–H and O–H groups in total. The molecular weight excluding hydrogens is 271 g/mol. The lowest BCUT2D eigenvalue weighted by molar-refractivity contribution is 0.0697. The Morgan fingerprint density at radius 1 is 1.43 bits per heavy atom. The van der Waals surface area contributed by atoms with Crippen LogP contribution in [0.2, 0.25) is 0 Å². The van der Waals surface area contributed by atoms with Crippen LogP contribution in [0.5, 0.6) is 0 Å². The van der Waals surface area contributed by atoms with Gasteiger partial charge in [0.1, 0.15) is 17.1 Å². The zero-order chi connectivity index (χ0) is 15.6. The third kappa shape index (κ3) is 3.48. The zero-order valence-electron chi connectivity index (χ0n) is 12.4. The molecule has 0 saturated carbocycles. The minimum atomic E-state index is -1.05. The number of nitrogens with zero attached hydrogens (tertiary/aromatic N) is 2. The molecule has 1 aromatic heterocycles. The van der Waals surface area contributed by atoms with Crippen molar-refractivity contribution in [2.45, 2.75) is 33.7 Å². The summed E-state index contributed by atoms with van der Waals surface area (Å²) in [6.45, 7) is 6.50. The normalized spacial score (nSPS) is 11.1. The van der Waals surface area contributed by atoms with Crippen LogP contribution in [0, 0.1) is 18.7 Å². The van der Waals surface area contributed by atoms with E-state index in [1.807, 2.05) is 0 Å². The number of aromatic nitrogens is 2. The van der Waals surface area contributed by atoms with E-state index >= 15 is 0 Å². The number of hydrogen-bond acceptors (Lipinski definition) is 2. The van der Waals surface area contributed by atoms with Crippen LogP contribution in [-0.2, 0) is 6.54 Å². The van der Waals surface area contributed by atoms with Crippen LogP contribution in [0.1, 0.15) is 36.2 Å². The highest BCUT2D eigenvalue weighted by Crippen LogP contribution is 2.24. The minimum absolute atomic E-state index is 0.0991. The Hall–Kier alpha value is -2.17. The first-order valence-electron chi connectivity index (χ1n) is 6.95. The third-order valence-corrected chi connectivity index (χ3v) is 3.37. The fraction of sp³-hybridized carbons (Fsp3) is 0.375. The van der Waals surface area contributed by atoms with Crippen molar-refractivity contribution in [1.82, 2.24) is 9.78 Å². The van der Waals surface area contributed by atoms with Gasteiger partial charge in [0, 0.05) is 18.3 Å². The molecule has 4 nitrogen and oxygen atoms in total. The predicted octanol–water partition coefficient (Wildman–Crippen LogP) is 3.74. The average Bonchev–Trinajstić information content (AvgIpc) is 2.84. The van der Waals surface area contributed by atoms with Crippen molar-refractivity contribution >= 4 is 5.97 Å². The molecule has 1 heterocycles. The molecular formula is C16H19FN2O2. The molecule has 0 aliphatic rings. The number of carbonyl (C=O) groups is 1. The Balaban J connectivity index is 2.41. The summed E-state index contributed by atoms with van der Waals surface area (Å²) in [5.74, 6) is -0.912. The number of carboxylic acids is 1. The standard InChI is InChI=1S/C16H19FN2O2/c1-10(2)6-7-19-9-13(16(20)21)15(18-19)12-5-4-11(3)14(17)8-12/h4-5,8-10H,6-7H2,1-3H3,(H,20,21). The van der Waals surface area contributed by atoms with Crippen LogP contribution in [0.25, 0.3) is 11.3 Å². The van der Waals surface area contributed by atoms with Gasteiger partial charge < -0.3 is 5.11 Å². The van der Waals surface area contributed by atoms with E-state index in [0.717, 1.165) is 6.42 Å². The molecule has 5 heteroatoms. The minimum Gasteiger partial charge on any atom is -0.478 e. The number of aromatic carboxylic acids is 1. The molecule has 0 fully saturated rings. The van der Waals surface area contributed by atoms with Crippen LogP contribution in [0.3, 0.4) is 0 Å². The summed E-state index contributed by atoms with van der Waals surface area (Å²) < 4.78 is 15.3. The Morgan fingerprint density at radius 3 is 2.71 bits per heavy atom. The van der Waals surface area contributed by atoms with E-state index in [-0.39, 0.29) is 11.4 Å². The Bertz CT molecular complexity index is 662. The Morgan fingerprint density at radius 2 is 2.14 bits per heavy atom. The topological polar surface area (TPSA) is 55.1 Å². The number of carboxylic acid groups (broad SMARTS) is 1. The average molecular weight is 290 g/mol. The van der Waals surface area contributed by atoms with Crippen LogP contribution in [0.15, 0.2) is 24.4 Å². The van der Waals surface area contributed by atoms with Crippen molar-refractivity contribution in [3.8, 4) is 11.3 Å². The van der Waals surface area contributed by atoms with Gasteiger partial charge in [0.25, 0.3) is 0 Å². The third-order valence-electron chi connectivity index (χ3n) is 3.37.